The monoisotopic (exact) mass is 642 g/mol. The number of piperidine rings is 1. The Bertz CT molecular complexity index is 1350. The van der Waals surface area contributed by atoms with Crippen LogP contribution in [0.3, 0.4) is 0 Å². The largest absolute Gasteiger partial charge is 0.481 e. The van der Waals surface area contributed by atoms with Crippen LogP contribution >= 0.6 is 15.9 Å². The van der Waals surface area contributed by atoms with Crippen molar-refractivity contribution in [1.29, 1.82) is 0 Å². The van der Waals surface area contributed by atoms with Gasteiger partial charge in [-0.2, -0.15) is 0 Å². The molecule has 0 aliphatic carbocycles. The number of methoxy groups -OCH3 is 2. The highest BCUT2D eigenvalue weighted by Crippen LogP contribution is 2.35. The predicted molar refractivity (Wildman–Crippen MR) is 167 cm³/mol. The number of carbonyl (C=O) groups is 2. The second-order valence-electron chi connectivity index (χ2n) is 11.9. The Balaban J connectivity index is 1.52. The van der Waals surface area contributed by atoms with Gasteiger partial charge in [0.15, 0.2) is 0 Å². The molecule has 42 heavy (non-hydrogen) atoms. The van der Waals surface area contributed by atoms with E-state index in [1.54, 1.807) is 20.4 Å². The summed E-state index contributed by atoms with van der Waals surface area (Å²) in [6, 6.07) is 11.7. The van der Waals surface area contributed by atoms with Gasteiger partial charge >= 0.3 is 6.09 Å². The van der Waals surface area contributed by atoms with Gasteiger partial charge in [0.05, 0.1) is 18.0 Å². The van der Waals surface area contributed by atoms with Crippen molar-refractivity contribution in [2.45, 2.75) is 77.0 Å². The number of likely N-dealkylation sites (tertiary alicyclic amines) is 1. The van der Waals surface area contributed by atoms with Crippen LogP contribution in [0.5, 0.6) is 5.88 Å². The lowest BCUT2D eigenvalue weighted by atomic mass is 9.93. The molecule has 0 saturated carbocycles. The van der Waals surface area contributed by atoms with E-state index in [1.807, 2.05) is 56.0 Å². The van der Waals surface area contributed by atoms with Crippen LogP contribution in [0.15, 0.2) is 47.1 Å². The molecule has 1 fully saturated rings. The first-order valence-electron chi connectivity index (χ1n) is 14.6. The minimum Gasteiger partial charge on any atom is -0.481 e. The molecule has 1 aromatic carbocycles. The molecule has 0 spiro atoms. The average Bonchev–Trinajstić information content (AvgIpc) is 3.32. The number of alkyl carbamates (subject to hydrolysis) is 1. The Hall–Kier alpha value is -3.11. The summed E-state index contributed by atoms with van der Waals surface area (Å²) in [7, 11) is 3.36. The summed E-state index contributed by atoms with van der Waals surface area (Å²) in [4.78, 5) is 32.8. The topological polar surface area (TPSA) is 94.9 Å². The second-order valence-corrected chi connectivity index (χ2v) is 12.8. The Morgan fingerprint density at radius 3 is 2.62 bits per heavy atom. The summed E-state index contributed by atoms with van der Waals surface area (Å²) in [5, 5.41) is 3.94. The first-order chi connectivity index (χ1) is 20.1. The van der Waals surface area contributed by atoms with Crippen molar-refractivity contribution in [2.24, 2.45) is 0 Å². The number of fused-ring (bicyclic) bond motifs is 1. The van der Waals surface area contributed by atoms with Crippen LogP contribution in [-0.4, -0.2) is 72.0 Å². The van der Waals surface area contributed by atoms with Gasteiger partial charge in [0.25, 0.3) is 0 Å². The number of benzene rings is 1. The number of hydrogen-bond donors (Lipinski definition) is 1. The molecule has 4 rings (SSSR count). The fourth-order valence-electron chi connectivity index (χ4n) is 5.64. The number of carbonyl (C=O) groups excluding carboxylic acids is 2. The normalized spacial score (nSPS) is 16.3. The highest BCUT2D eigenvalue weighted by Gasteiger charge is 2.30. The van der Waals surface area contributed by atoms with Gasteiger partial charge in [0, 0.05) is 68.1 Å². The lowest BCUT2D eigenvalue weighted by Crippen LogP contribution is -2.46. The molecule has 1 aliphatic rings. The third-order valence-corrected chi connectivity index (χ3v) is 8.01. The number of nitrogens with one attached hydrogen (secondary N) is 1. The maximum Gasteiger partial charge on any atom is 0.407 e. The van der Waals surface area contributed by atoms with E-state index < -0.39 is 17.7 Å². The van der Waals surface area contributed by atoms with Gasteiger partial charge in [-0.05, 0) is 76.3 Å². The molecule has 2 aromatic heterocycles. The third kappa shape index (κ3) is 8.47. The van der Waals surface area contributed by atoms with Gasteiger partial charge in [-0.15, -0.1) is 0 Å². The van der Waals surface area contributed by atoms with Crippen molar-refractivity contribution in [1.82, 2.24) is 19.8 Å². The summed E-state index contributed by atoms with van der Waals surface area (Å²) < 4.78 is 19.7. The summed E-state index contributed by atoms with van der Waals surface area (Å²) in [6.07, 6.45) is 4.74. The molecular formula is C32H43BrN4O5. The second kappa shape index (κ2) is 14.4. The van der Waals surface area contributed by atoms with Crippen LogP contribution in [-0.2, 0) is 27.2 Å². The van der Waals surface area contributed by atoms with E-state index in [2.05, 4.69) is 36.9 Å². The zero-order valence-electron chi connectivity index (χ0n) is 25.3. The number of aryl methyl sites for hydroxylation is 1. The van der Waals surface area contributed by atoms with Crippen molar-refractivity contribution in [2.75, 3.05) is 33.9 Å². The summed E-state index contributed by atoms with van der Waals surface area (Å²) >= 11 is 3.47. The number of hydrogen-bond acceptors (Lipinski definition) is 6. The van der Waals surface area contributed by atoms with Crippen LogP contribution in [0.4, 0.5) is 4.79 Å². The van der Waals surface area contributed by atoms with Crippen molar-refractivity contribution in [3.8, 4) is 5.88 Å². The van der Waals surface area contributed by atoms with E-state index >= 15 is 0 Å². The molecule has 10 heteroatoms. The first kappa shape index (κ1) is 31.8. The van der Waals surface area contributed by atoms with Crippen molar-refractivity contribution >= 4 is 38.8 Å². The maximum absolute atomic E-state index is 13.7. The molecule has 3 aromatic rings. The molecule has 0 radical (unpaired) electrons. The first-order valence-corrected chi connectivity index (χ1v) is 15.4. The predicted octanol–water partition coefficient (Wildman–Crippen LogP) is 6.08. The number of amides is 2. The Morgan fingerprint density at radius 2 is 1.93 bits per heavy atom. The molecule has 9 nitrogen and oxygen atoms in total. The van der Waals surface area contributed by atoms with Gasteiger partial charge in [-0.1, -0.05) is 28.1 Å². The van der Waals surface area contributed by atoms with Gasteiger partial charge in [0.1, 0.15) is 5.60 Å². The van der Waals surface area contributed by atoms with E-state index in [0.29, 0.717) is 32.0 Å². The van der Waals surface area contributed by atoms with Crippen molar-refractivity contribution in [3.63, 3.8) is 0 Å². The number of pyridine rings is 1. The molecule has 1 saturated heterocycles. The highest BCUT2D eigenvalue weighted by atomic mass is 79.9. The Morgan fingerprint density at radius 1 is 1.17 bits per heavy atom. The van der Waals surface area contributed by atoms with E-state index in [-0.39, 0.29) is 18.2 Å². The zero-order valence-corrected chi connectivity index (χ0v) is 26.9. The molecule has 228 valence electrons. The smallest absolute Gasteiger partial charge is 0.407 e. The lowest BCUT2D eigenvalue weighted by Gasteiger charge is -2.34. The summed E-state index contributed by atoms with van der Waals surface area (Å²) in [5.41, 5.74) is 2.67. The van der Waals surface area contributed by atoms with Crippen molar-refractivity contribution in [3.05, 3.63) is 58.3 Å². The molecule has 0 bridgehead atoms. The average molecular weight is 644 g/mol. The quantitative estimate of drug-likeness (QED) is 0.255. The van der Waals surface area contributed by atoms with E-state index in [4.69, 9.17) is 14.2 Å². The van der Waals surface area contributed by atoms with Crippen LogP contribution in [0.1, 0.15) is 63.6 Å². The van der Waals surface area contributed by atoms with Crippen LogP contribution < -0.4 is 10.1 Å². The summed E-state index contributed by atoms with van der Waals surface area (Å²) in [5.74, 6) is 0.803. The number of halogens is 1. The molecular weight excluding hydrogens is 600 g/mol. The summed E-state index contributed by atoms with van der Waals surface area (Å²) in [6.45, 7) is 8.27. The highest BCUT2D eigenvalue weighted by molar-refractivity contribution is 9.10. The number of nitrogens with zero attached hydrogens (tertiary/aromatic N) is 3. The number of rotatable bonds is 11. The van der Waals surface area contributed by atoms with E-state index in [1.165, 1.54) is 5.69 Å². The van der Waals surface area contributed by atoms with Gasteiger partial charge in [-0.25, -0.2) is 9.78 Å². The van der Waals surface area contributed by atoms with Crippen LogP contribution in [0.25, 0.3) is 10.9 Å². The fraction of sp³-hybridized carbons (Fsp3) is 0.531. The Labute approximate surface area is 257 Å². The Kier molecular flexibility index (Phi) is 10.9. The van der Waals surface area contributed by atoms with E-state index in [0.717, 1.165) is 46.7 Å². The molecule has 3 heterocycles. The fourth-order valence-corrected chi connectivity index (χ4v) is 5.90. The van der Waals surface area contributed by atoms with Gasteiger partial charge < -0.3 is 29.0 Å². The minimum atomic E-state index is -0.629. The van der Waals surface area contributed by atoms with Crippen LogP contribution in [0, 0.1) is 0 Å². The van der Waals surface area contributed by atoms with Gasteiger partial charge in [0.2, 0.25) is 11.8 Å². The van der Waals surface area contributed by atoms with Crippen molar-refractivity contribution < 1.29 is 23.8 Å². The number of ether oxygens (including phenoxy) is 3. The molecule has 2 atom stereocenters. The molecule has 2 amide bonds. The third-order valence-electron chi connectivity index (χ3n) is 7.48. The molecule has 1 aliphatic heterocycles. The van der Waals surface area contributed by atoms with Crippen LogP contribution in [0.2, 0.25) is 0 Å². The molecule has 1 N–H and O–H groups in total. The lowest BCUT2D eigenvalue weighted by molar-refractivity contribution is -0.132. The van der Waals surface area contributed by atoms with Gasteiger partial charge in [-0.3, -0.25) is 4.79 Å². The zero-order chi connectivity index (χ0) is 30.3. The minimum absolute atomic E-state index is 0.0270. The SMILES string of the molecule is COCCCn1c([C@@H]2CCCN(C(=O)C[C@@H](Cc3ccc(Br)cc3)NC(=O)OC(C)(C)C)C2)cc2c(OC)nccc21. The standard InChI is InChI=1S/C32H43BrN4O5/c1-32(2,3)42-31(39)35-25(18-22-9-11-24(33)12-10-22)19-29(38)36-15-6-8-23(21-36)28-20-26-27(13-14-34-30(26)41-5)37(28)16-7-17-40-4/h9-14,20,23,25H,6-8,15-19,21H2,1-5H3,(H,35,39)/t23-,25-/m1/s1. The van der Waals surface area contributed by atoms with E-state index in [9.17, 15) is 9.59 Å². The molecule has 0 unspecified atom stereocenters. The maximum atomic E-state index is 13.7. The number of aromatic nitrogens is 2.